The number of fused-ring (bicyclic) bond motifs is 3. The molecule has 0 unspecified atom stereocenters. The van der Waals surface area contributed by atoms with Crippen LogP contribution in [0.3, 0.4) is 0 Å². The predicted molar refractivity (Wildman–Crippen MR) is 138 cm³/mol. The van der Waals surface area contributed by atoms with E-state index in [1.807, 2.05) is 6.55 Å². The van der Waals surface area contributed by atoms with Gasteiger partial charge in [0.1, 0.15) is 0 Å². The maximum absolute atomic E-state index is 2.72. The molecule has 0 amide bonds. The van der Waals surface area contributed by atoms with Crippen molar-refractivity contribution in [3.63, 3.8) is 0 Å². The Kier molecular flexibility index (Phi) is 8.73. The van der Waals surface area contributed by atoms with Gasteiger partial charge in [0.15, 0.2) is 0 Å². The normalized spacial score (nSPS) is 16.3. The van der Waals surface area contributed by atoms with Crippen molar-refractivity contribution in [3.05, 3.63) is 74.1 Å². The molecule has 0 nitrogen and oxygen atoms in total. The molecule has 0 radical (unpaired) electrons. The van der Waals surface area contributed by atoms with E-state index in [0.29, 0.717) is 0 Å². The van der Waals surface area contributed by atoms with E-state index in [-0.39, 0.29) is 41.1 Å². The molecular weight excluding hydrogens is 551 g/mol. The molecule has 2 aliphatic carbocycles. The minimum Gasteiger partial charge on any atom is -1.00 e. The zero-order valence-corrected chi connectivity index (χ0v) is 26.6. The zero-order chi connectivity index (χ0) is 22.7. The monoisotopic (exact) mass is 586 g/mol. The minimum absolute atomic E-state index is 0. The van der Waals surface area contributed by atoms with Crippen molar-refractivity contribution in [1.82, 2.24) is 0 Å². The second kappa shape index (κ2) is 10.5. The second-order valence-electron chi connectivity index (χ2n) is 12.1. The van der Waals surface area contributed by atoms with Crippen LogP contribution in [0.15, 0.2) is 51.8 Å². The van der Waals surface area contributed by atoms with E-state index in [4.69, 9.17) is 0 Å². The first kappa shape index (κ1) is 28.2. The third-order valence-electron chi connectivity index (χ3n) is 7.67. The van der Waals surface area contributed by atoms with Crippen LogP contribution in [0.25, 0.3) is 11.1 Å². The number of benzene rings is 2. The molecule has 5 rings (SSSR count). The third-order valence-corrected chi connectivity index (χ3v) is 27.6. The summed E-state index contributed by atoms with van der Waals surface area (Å²) < 4.78 is 3.77. The van der Waals surface area contributed by atoms with Crippen LogP contribution in [-0.4, -0.2) is 5.43 Å². The van der Waals surface area contributed by atoms with Crippen LogP contribution < -0.4 is 28.1 Å². The molecule has 3 aliphatic rings. The Morgan fingerprint density at radius 3 is 2.03 bits per heavy atom. The van der Waals surface area contributed by atoms with Gasteiger partial charge in [0.2, 0.25) is 0 Å². The average Bonchev–Trinajstić information content (AvgIpc) is 3.48. The van der Waals surface area contributed by atoms with Crippen molar-refractivity contribution in [1.29, 1.82) is 0 Å². The standard InChI is InChI=1S/C21H25.C5H5.C4H8Si.2ClH.Zr/c1-20(2,3)16-9-7-14-11-15-8-10-17(21(4,5)6)13-19(15)18(14)12-16;2*1-2-4-5-3-1;;;/h7,9-10,12-13H,11H2,1-6H3;1-3H,4H2;1-4H2;2*1H;/q;;;;;+2/p-2. The van der Waals surface area contributed by atoms with E-state index in [1.54, 1.807) is 34.3 Å². The molecule has 0 spiro atoms. The Bertz CT molecular complexity index is 1180. The van der Waals surface area contributed by atoms with E-state index in [2.05, 4.69) is 90.1 Å². The van der Waals surface area contributed by atoms with Crippen molar-refractivity contribution in [2.24, 2.45) is 0 Å². The topological polar surface area (TPSA) is 0 Å². The molecule has 0 aromatic heterocycles. The molecule has 1 saturated heterocycles. The van der Waals surface area contributed by atoms with Gasteiger partial charge >= 0.3 is 204 Å². The van der Waals surface area contributed by atoms with Crippen molar-refractivity contribution < 1.29 is 45.2 Å². The van der Waals surface area contributed by atoms with Gasteiger partial charge in [-0.1, -0.05) is 0 Å². The number of hydrogen-bond acceptors (Lipinski definition) is 0. The Morgan fingerprint density at radius 1 is 0.794 bits per heavy atom. The van der Waals surface area contributed by atoms with Crippen LogP contribution in [-0.2, 0) is 37.6 Å². The second-order valence-corrected chi connectivity index (χ2v) is 27.2. The summed E-state index contributed by atoms with van der Waals surface area (Å²) in [5.41, 5.74) is 9.62. The average molecular weight is 589 g/mol. The van der Waals surface area contributed by atoms with Gasteiger partial charge in [-0.2, -0.15) is 0 Å². The van der Waals surface area contributed by atoms with Crippen molar-refractivity contribution in [2.45, 2.75) is 90.1 Å². The van der Waals surface area contributed by atoms with E-state index in [1.165, 1.54) is 30.4 Å². The molecule has 0 bridgehead atoms. The summed E-state index contributed by atoms with van der Waals surface area (Å²) in [5.74, 6) is 0. The Labute approximate surface area is 227 Å². The molecule has 1 heterocycles. The Morgan fingerprint density at radius 2 is 1.44 bits per heavy atom. The summed E-state index contributed by atoms with van der Waals surface area (Å²) in [7, 11) is 0. The van der Waals surface area contributed by atoms with Crippen LogP contribution in [0.1, 0.15) is 83.1 Å². The van der Waals surface area contributed by atoms with Crippen LogP contribution >= 0.6 is 0 Å². The van der Waals surface area contributed by atoms with Gasteiger partial charge in [0, 0.05) is 0 Å². The fraction of sp³-hybridized carbons (Fsp3) is 0.467. The van der Waals surface area contributed by atoms with E-state index >= 15 is 0 Å². The molecule has 0 N–H and O–H groups in total. The van der Waals surface area contributed by atoms with Crippen molar-refractivity contribution >= 4 is 8.70 Å². The molecule has 180 valence electrons. The molecule has 2 aromatic carbocycles. The van der Waals surface area contributed by atoms with Gasteiger partial charge in [-0.25, -0.2) is 0 Å². The molecule has 34 heavy (non-hydrogen) atoms. The first-order valence-electron chi connectivity index (χ1n) is 12.5. The molecule has 1 fully saturated rings. The number of halogens is 2. The molecule has 0 saturated carbocycles. The quantitative estimate of drug-likeness (QED) is 0.401. The first-order chi connectivity index (χ1) is 15.1. The summed E-state index contributed by atoms with van der Waals surface area (Å²) in [6.07, 6.45) is 12.7. The van der Waals surface area contributed by atoms with Crippen LogP contribution in [0.2, 0.25) is 12.1 Å². The Hall–Kier alpha value is -0.400. The van der Waals surface area contributed by atoms with Gasteiger partial charge in [-0.3, -0.25) is 0 Å². The summed E-state index contributed by atoms with van der Waals surface area (Å²) in [5, 5.41) is 0. The number of hydrogen-bond donors (Lipinski definition) is 0. The predicted octanol–water partition coefficient (Wildman–Crippen LogP) is 1.73. The summed E-state index contributed by atoms with van der Waals surface area (Å²) in [6.45, 7) is 14.3. The van der Waals surface area contributed by atoms with Gasteiger partial charge in [0.25, 0.3) is 0 Å². The first-order valence-corrected chi connectivity index (χ1v) is 20.6. The van der Waals surface area contributed by atoms with Crippen LogP contribution in [0, 0.1) is 0 Å². The van der Waals surface area contributed by atoms with Crippen LogP contribution in [0.5, 0.6) is 0 Å². The summed E-state index contributed by atoms with van der Waals surface area (Å²) in [4.78, 5) is 0. The molecule has 1 aliphatic heterocycles. The molecule has 4 heteroatoms. The van der Waals surface area contributed by atoms with E-state index in [0.717, 1.165) is 6.42 Å². The van der Waals surface area contributed by atoms with Gasteiger partial charge in [-0.05, 0) is 0 Å². The summed E-state index contributed by atoms with van der Waals surface area (Å²) in [6, 6.07) is 15.8. The SMILES string of the molecule is CC(C)(C)c1ccc2c(c1)-c1cc(C(C)(C)C)c[c]([Zr+2]([C]3=CC=CC3)=[Si]3CCCC3)c1C2.[Cl-].[Cl-]. The van der Waals surface area contributed by atoms with Gasteiger partial charge in [0.05, 0.1) is 0 Å². The largest absolute Gasteiger partial charge is 1.00 e. The third kappa shape index (κ3) is 5.32. The molecule has 2 aromatic rings. The minimum atomic E-state index is -1.87. The molecular formula is C30H38Cl2SiZr. The molecule has 0 atom stereocenters. The smallest absolute Gasteiger partial charge is 1.00 e. The maximum Gasteiger partial charge on any atom is -1.00 e. The van der Waals surface area contributed by atoms with Crippen molar-refractivity contribution in [2.75, 3.05) is 0 Å². The van der Waals surface area contributed by atoms with E-state index in [9.17, 15) is 0 Å². The van der Waals surface area contributed by atoms with Crippen LogP contribution in [0.4, 0.5) is 0 Å². The number of rotatable bonds is 2. The van der Waals surface area contributed by atoms with Gasteiger partial charge < -0.3 is 24.8 Å². The van der Waals surface area contributed by atoms with E-state index < -0.39 is 20.4 Å². The zero-order valence-electron chi connectivity index (χ0n) is 21.6. The maximum atomic E-state index is 2.72. The number of allylic oxidation sites excluding steroid dienone is 4. The summed E-state index contributed by atoms with van der Waals surface area (Å²) >= 11 is -1.87. The Balaban J connectivity index is 0.00000162. The van der Waals surface area contributed by atoms with Gasteiger partial charge in [-0.15, -0.1) is 0 Å². The fourth-order valence-electron chi connectivity index (χ4n) is 5.67. The van der Waals surface area contributed by atoms with Crippen molar-refractivity contribution in [3.8, 4) is 11.1 Å². The fourth-order valence-corrected chi connectivity index (χ4v) is 27.8.